The van der Waals surface area contributed by atoms with Crippen molar-refractivity contribution in [2.24, 2.45) is 0 Å². The van der Waals surface area contributed by atoms with E-state index < -0.39 is 10.0 Å². The van der Waals surface area contributed by atoms with Gasteiger partial charge in [0.15, 0.2) is 0 Å². The third-order valence-corrected chi connectivity index (χ3v) is 8.06. The fourth-order valence-corrected chi connectivity index (χ4v) is 5.66. The first-order chi connectivity index (χ1) is 13.1. The van der Waals surface area contributed by atoms with Crippen LogP contribution in [0.3, 0.4) is 0 Å². The van der Waals surface area contributed by atoms with Crippen molar-refractivity contribution in [2.45, 2.75) is 61.0 Å². The topological polar surface area (TPSA) is 66.5 Å². The Morgan fingerprint density at radius 1 is 1.14 bits per heavy atom. The van der Waals surface area contributed by atoms with E-state index in [-0.39, 0.29) is 15.5 Å². The summed E-state index contributed by atoms with van der Waals surface area (Å²) in [5.74, 6) is 0.636. The number of carbonyl (C=O) groups excluding carboxylic acids is 1. The molecule has 0 aromatic heterocycles. The maximum Gasteiger partial charge on any atom is 0.255 e. The van der Waals surface area contributed by atoms with Crippen LogP contribution in [0.25, 0.3) is 0 Å². The van der Waals surface area contributed by atoms with Crippen LogP contribution < -0.4 is 4.72 Å². The van der Waals surface area contributed by atoms with Crippen molar-refractivity contribution >= 4 is 39.5 Å². The third kappa shape index (κ3) is 6.97. The number of hydrogen-bond donors (Lipinski definition) is 1. The number of amides is 1. The van der Waals surface area contributed by atoms with Gasteiger partial charge in [-0.1, -0.05) is 33.6 Å². The Labute approximate surface area is 178 Å². The molecule has 0 atom stereocenters. The zero-order valence-corrected chi connectivity index (χ0v) is 19.7. The van der Waals surface area contributed by atoms with E-state index in [0.717, 1.165) is 43.7 Å². The molecule has 0 unspecified atom stereocenters. The molecule has 0 spiro atoms. The van der Waals surface area contributed by atoms with Crippen molar-refractivity contribution in [3.8, 4) is 0 Å². The zero-order valence-electron chi connectivity index (χ0n) is 17.3. The minimum atomic E-state index is -3.64. The Hall–Kier alpha value is -0.700. The molecule has 1 saturated heterocycles. The summed E-state index contributed by atoms with van der Waals surface area (Å²) in [4.78, 5) is 15.9. The first-order valence-electron chi connectivity index (χ1n) is 9.75. The third-order valence-electron chi connectivity index (χ3n) is 4.53. The van der Waals surface area contributed by atoms with Crippen LogP contribution in [-0.2, 0) is 10.0 Å². The van der Waals surface area contributed by atoms with E-state index in [1.165, 1.54) is 17.8 Å². The van der Waals surface area contributed by atoms with E-state index in [1.54, 1.807) is 23.9 Å². The van der Waals surface area contributed by atoms with Gasteiger partial charge in [-0.15, -0.1) is 11.8 Å². The van der Waals surface area contributed by atoms with Crippen LogP contribution in [-0.4, -0.2) is 55.6 Å². The summed E-state index contributed by atoms with van der Waals surface area (Å²) in [7, 11) is -3.64. The smallest absolute Gasteiger partial charge is 0.255 e. The van der Waals surface area contributed by atoms with Gasteiger partial charge in [0.1, 0.15) is 0 Å². The Morgan fingerprint density at radius 2 is 1.79 bits per heavy atom. The summed E-state index contributed by atoms with van der Waals surface area (Å²) >= 11 is 3.18. The molecule has 1 N–H and O–H groups in total. The lowest BCUT2D eigenvalue weighted by molar-refractivity contribution is 0.0758. The van der Waals surface area contributed by atoms with E-state index >= 15 is 0 Å². The second-order valence-electron chi connectivity index (χ2n) is 7.93. The lowest BCUT2D eigenvalue weighted by Crippen LogP contribution is -2.32. The first kappa shape index (κ1) is 23.6. The molecule has 28 heavy (non-hydrogen) atoms. The average molecular weight is 445 g/mol. The summed E-state index contributed by atoms with van der Waals surface area (Å²) in [6.07, 6.45) is 6.20. The van der Waals surface area contributed by atoms with Crippen LogP contribution in [0.4, 0.5) is 0 Å². The van der Waals surface area contributed by atoms with Crippen molar-refractivity contribution in [1.82, 2.24) is 9.62 Å². The highest BCUT2D eigenvalue weighted by molar-refractivity contribution is 8.00. The molecule has 1 aliphatic rings. The number of likely N-dealkylation sites (tertiary alicyclic amines) is 1. The number of nitrogens with zero attached hydrogens (tertiary/aromatic N) is 1. The molecule has 1 fully saturated rings. The van der Waals surface area contributed by atoms with Gasteiger partial charge in [0.05, 0.1) is 10.5 Å². The number of rotatable bonds is 7. The summed E-state index contributed by atoms with van der Waals surface area (Å²) in [6, 6.07) is 4.87. The molecule has 5 nitrogen and oxygen atoms in total. The van der Waals surface area contributed by atoms with E-state index in [0.29, 0.717) is 17.9 Å². The first-order valence-corrected chi connectivity index (χ1v) is 13.4. The van der Waals surface area contributed by atoms with Crippen LogP contribution in [0.5, 0.6) is 0 Å². The highest BCUT2D eigenvalue weighted by atomic mass is 32.2. The van der Waals surface area contributed by atoms with Crippen LogP contribution in [0.1, 0.15) is 56.8 Å². The van der Waals surface area contributed by atoms with Gasteiger partial charge in [-0.3, -0.25) is 4.79 Å². The van der Waals surface area contributed by atoms with E-state index in [2.05, 4.69) is 25.5 Å². The monoisotopic (exact) mass is 444 g/mol. The standard InChI is InChI=1S/C20H32N2O3S3/c1-20(2,3)27-14-11-21-28(24,25)16-9-10-18(26-4)17(15-16)19(23)22-12-7-5-6-8-13-22/h9-10,15,21H,5-8,11-14H2,1-4H3. The predicted molar refractivity (Wildman–Crippen MR) is 120 cm³/mol. The summed E-state index contributed by atoms with van der Waals surface area (Å²) in [6.45, 7) is 8.16. The quantitative estimate of drug-likeness (QED) is 0.503. The fraction of sp³-hybridized carbons (Fsp3) is 0.650. The van der Waals surface area contributed by atoms with E-state index in [9.17, 15) is 13.2 Å². The molecule has 1 heterocycles. The Bertz CT molecular complexity index is 765. The summed E-state index contributed by atoms with van der Waals surface area (Å²) in [5, 5.41) is 0. The molecule has 1 aromatic rings. The minimum absolute atomic E-state index is 0.0633. The highest BCUT2D eigenvalue weighted by Gasteiger charge is 2.23. The predicted octanol–water partition coefficient (Wildman–Crippen LogP) is 4.23. The van der Waals surface area contributed by atoms with Gasteiger partial charge in [0.25, 0.3) is 5.91 Å². The number of benzene rings is 1. The molecule has 0 bridgehead atoms. The van der Waals surface area contributed by atoms with Crippen LogP contribution in [0, 0.1) is 0 Å². The zero-order chi connectivity index (χ0) is 20.8. The molecular formula is C20H32N2O3S3. The summed E-state index contributed by atoms with van der Waals surface area (Å²) in [5.41, 5.74) is 0.487. The van der Waals surface area contributed by atoms with Gasteiger partial charge in [-0.05, 0) is 37.3 Å². The van der Waals surface area contributed by atoms with Crippen molar-refractivity contribution < 1.29 is 13.2 Å². The van der Waals surface area contributed by atoms with Gasteiger partial charge in [-0.2, -0.15) is 11.8 Å². The number of hydrogen-bond acceptors (Lipinski definition) is 5. The molecule has 0 saturated carbocycles. The second kappa shape index (κ2) is 10.4. The number of sulfonamides is 1. The molecule has 2 rings (SSSR count). The lowest BCUT2D eigenvalue weighted by Gasteiger charge is -2.22. The second-order valence-corrected chi connectivity index (χ2v) is 12.5. The molecule has 1 aliphatic heterocycles. The van der Waals surface area contributed by atoms with Crippen molar-refractivity contribution in [3.05, 3.63) is 23.8 Å². The minimum Gasteiger partial charge on any atom is -0.339 e. The Morgan fingerprint density at radius 3 is 2.36 bits per heavy atom. The molecule has 158 valence electrons. The largest absolute Gasteiger partial charge is 0.339 e. The van der Waals surface area contributed by atoms with E-state index in [4.69, 9.17) is 0 Å². The van der Waals surface area contributed by atoms with Gasteiger partial charge in [0.2, 0.25) is 10.0 Å². The molecule has 8 heteroatoms. The number of nitrogens with one attached hydrogen (secondary N) is 1. The number of thioether (sulfide) groups is 2. The fourth-order valence-electron chi connectivity index (χ4n) is 3.08. The number of carbonyl (C=O) groups is 1. The highest BCUT2D eigenvalue weighted by Crippen LogP contribution is 2.26. The maximum atomic E-state index is 13.1. The van der Waals surface area contributed by atoms with E-state index in [1.807, 2.05) is 11.2 Å². The van der Waals surface area contributed by atoms with Gasteiger partial charge in [-0.25, -0.2) is 13.1 Å². The van der Waals surface area contributed by atoms with Crippen LogP contribution in [0.2, 0.25) is 0 Å². The molecule has 1 aromatic carbocycles. The summed E-state index contributed by atoms with van der Waals surface area (Å²) < 4.78 is 28.2. The molecule has 0 radical (unpaired) electrons. The van der Waals surface area contributed by atoms with Crippen LogP contribution >= 0.6 is 23.5 Å². The molecule has 1 amide bonds. The Balaban J connectivity index is 2.17. The SMILES string of the molecule is CSc1ccc(S(=O)(=O)NCCSC(C)(C)C)cc1C(=O)N1CCCCCC1. The molecule has 0 aliphatic carbocycles. The van der Waals surface area contributed by atoms with Gasteiger partial charge < -0.3 is 4.90 Å². The van der Waals surface area contributed by atoms with Gasteiger partial charge >= 0.3 is 0 Å². The lowest BCUT2D eigenvalue weighted by atomic mass is 10.2. The maximum absolute atomic E-state index is 13.1. The normalized spacial score (nSPS) is 16.1. The molecular weight excluding hydrogens is 412 g/mol. The van der Waals surface area contributed by atoms with Crippen molar-refractivity contribution in [1.29, 1.82) is 0 Å². The Kier molecular flexibility index (Phi) is 8.73. The average Bonchev–Trinajstić information content (AvgIpc) is 2.93. The van der Waals surface area contributed by atoms with Gasteiger partial charge in [0, 0.05) is 35.0 Å². The van der Waals surface area contributed by atoms with Crippen molar-refractivity contribution in [2.75, 3.05) is 31.6 Å². The van der Waals surface area contributed by atoms with Crippen molar-refractivity contribution in [3.63, 3.8) is 0 Å². The van der Waals surface area contributed by atoms with Crippen LogP contribution in [0.15, 0.2) is 28.0 Å².